The number of carbonyl (C=O) groups is 1. The number of anilines is 1. The van der Waals surface area contributed by atoms with E-state index in [0.717, 1.165) is 32.6 Å². The van der Waals surface area contributed by atoms with Crippen LogP contribution < -0.4 is 4.90 Å². The van der Waals surface area contributed by atoms with E-state index >= 15 is 0 Å². The molecule has 0 spiro atoms. The van der Waals surface area contributed by atoms with E-state index in [1.165, 1.54) is 37.2 Å². The number of amides is 1. The fourth-order valence-corrected chi connectivity index (χ4v) is 4.60. The molecule has 5 heteroatoms. The Kier molecular flexibility index (Phi) is 6.44. The Morgan fingerprint density at radius 2 is 1.92 bits per heavy atom. The lowest BCUT2D eigenvalue weighted by Crippen LogP contribution is -2.30. The second kappa shape index (κ2) is 8.77. The van der Waals surface area contributed by atoms with Crippen molar-refractivity contribution in [3.63, 3.8) is 0 Å². The molecule has 2 saturated heterocycles. The molecule has 24 heavy (non-hydrogen) atoms. The quantitative estimate of drug-likeness (QED) is 0.671. The van der Waals surface area contributed by atoms with Crippen molar-refractivity contribution in [2.75, 3.05) is 43.5 Å². The van der Waals surface area contributed by atoms with Crippen molar-refractivity contribution in [1.82, 2.24) is 4.90 Å². The molecule has 1 aromatic carbocycles. The van der Waals surface area contributed by atoms with Gasteiger partial charge in [-0.1, -0.05) is 19.1 Å². The SMILES string of the molecule is CCCOCCCN1C(=O)CSC1c1ccc(N2CCCC2)cc1. The van der Waals surface area contributed by atoms with Crippen molar-refractivity contribution < 1.29 is 9.53 Å². The van der Waals surface area contributed by atoms with Crippen LogP contribution in [-0.4, -0.2) is 49.4 Å². The van der Waals surface area contributed by atoms with Crippen molar-refractivity contribution in [2.24, 2.45) is 0 Å². The average molecular weight is 349 g/mol. The molecule has 0 aliphatic carbocycles. The van der Waals surface area contributed by atoms with E-state index in [2.05, 4.69) is 36.1 Å². The molecule has 132 valence electrons. The molecule has 1 unspecified atom stereocenters. The summed E-state index contributed by atoms with van der Waals surface area (Å²) in [7, 11) is 0. The number of thioether (sulfide) groups is 1. The fraction of sp³-hybridized carbons (Fsp3) is 0.632. The topological polar surface area (TPSA) is 32.8 Å². The van der Waals surface area contributed by atoms with Crippen LogP contribution in [0.4, 0.5) is 5.69 Å². The normalized spacial score (nSPS) is 21.0. The Hall–Kier alpha value is -1.20. The lowest BCUT2D eigenvalue weighted by Gasteiger charge is -2.25. The van der Waals surface area contributed by atoms with E-state index in [-0.39, 0.29) is 11.3 Å². The van der Waals surface area contributed by atoms with Gasteiger partial charge in [0, 0.05) is 38.5 Å². The second-order valence-electron chi connectivity index (χ2n) is 6.50. The summed E-state index contributed by atoms with van der Waals surface area (Å²) < 4.78 is 5.54. The van der Waals surface area contributed by atoms with Gasteiger partial charge >= 0.3 is 0 Å². The molecule has 2 aliphatic heterocycles. The molecule has 1 aromatic rings. The molecule has 2 aliphatic rings. The number of rotatable bonds is 8. The van der Waals surface area contributed by atoms with Crippen LogP contribution in [0.2, 0.25) is 0 Å². The van der Waals surface area contributed by atoms with E-state index in [0.29, 0.717) is 5.75 Å². The zero-order valence-electron chi connectivity index (χ0n) is 14.6. The second-order valence-corrected chi connectivity index (χ2v) is 7.57. The van der Waals surface area contributed by atoms with Gasteiger partial charge < -0.3 is 14.5 Å². The summed E-state index contributed by atoms with van der Waals surface area (Å²) in [6, 6.07) is 8.83. The maximum absolute atomic E-state index is 12.2. The van der Waals surface area contributed by atoms with Crippen LogP contribution in [0.5, 0.6) is 0 Å². The van der Waals surface area contributed by atoms with Gasteiger partial charge in [-0.2, -0.15) is 0 Å². The fourth-order valence-electron chi connectivity index (χ4n) is 3.38. The van der Waals surface area contributed by atoms with Crippen LogP contribution >= 0.6 is 11.8 Å². The molecule has 3 rings (SSSR count). The van der Waals surface area contributed by atoms with Gasteiger partial charge in [0.25, 0.3) is 0 Å². The largest absolute Gasteiger partial charge is 0.381 e. The third kappa shape index (κ3) is 4.25. The third-order valence-corrected chi connectivity index (χ3v) is 5.91. The van der Waals surface area contributed by atoms with Crippen LogP contribution in [0.15, 0.2) is 24.3 Å². The van der Waals surface area contributed by atoms with Crippen molar-refractivity contribution in [3.8, 4) is 0 Å². The van der Waals surface area contributed by atoms with Gasteiger partial charge in [0.2, 0.25) is 5.91 Å². The van der Waals surface area contributed by atoms with Crippen LogP contribution in [0.1, 0.15) is 43.5 Å². The Labute approximate surface area is 149 Å². The van der Waals surface area contributed by atoms with Gasteiger partial charge in [-0.25, -0.2) is 0 Å². The maximum Gasteiger partial charge on any atom is 0.233 e. The highest BCUT2D eigenvalue weighted by atomic mass is 32.2. The van der Waals surface area contributed by atoms with E-state index in [9.17, 15) is 4.79 Å². The first-order chi connectivity index (χ1) is 11.8. The van der Waals surface area contributed by atoms with Gasteiger partial charge in [0.1, 0.15) is 5.37 Å². The van der Waals surface area contributed by atoms with Crippen molar-refractivity contribution >= 4 is 23.4 Å². The summed E-state index contributed by atoms with van der Waals surface area (Å²) in [5.74, 6) is 0.845. The summed E-state index contributed by atoms with van der Waals surface area (Å²) in [5, 5.41) is 0.163. The molecule has 1 atom stereocenters. The summed E-state index contributed by atoms with van der Waals surface area (Å²) in [4.78, 5) is 16.7. The van der Waals surface area contributed by atoms with Crippen molar-refractivity contribution in [1.29, 1.82) is 0 Å². The molecule has 2 fully saturated rings. The van der Waals surface area contributed by atoms with E-state index < -0.39 is 0 Å². The molecular formula is C19H28N2O2S. The highest BCUT2D eigenvalue weighted by Gasteiger charge is 2.32. The zero-order chi connectivity index (χ0) is 16.8. The first-order valence-electron chi connectivity index (χ1n) is 9.13. The Morgan fingerprint density at radius 3 is 2.62 bits per heavy atom. The number of hydrogen-bond acceptors (Lipinski definition) is 4. The van der Waals surface area contributed by atoms with E-state index in [1.54, 1.807) is 11.8 Å². The van der Waals surface area contributed by atoms with Crippen LogP contribution in [0.25, 0.3) is 0 Å². The minimum atomic E-state index is 0.163. The van der Waals surface area contributed by atoms with Crippen LogP contribution in [0.3, 0.4) is 0 Å². The molecule has 0 N–H and O–H groups in total. The predicted octanol–water partition coefficient (Wildman–Crippen LogP) is 3.68. The van der Waals surface area contributed by atoms with E-state index in [4.69, 9.17) is 4.74 Å². The molecule has 0 radical (unpaired) electrons. The summed E-state index contributed by atoms with van der Waals surface area (Å²) in [5.41, 5.74) is 2.55. The van der Waals surface area contributed by atoms with Gasteiger partial charge in [0.15, 0.2) is 0 Å². The molecule has 1 amide bonds. The number of benzene rings is 1. The van der Waals surface area contributed by atoms with Crippen molar-refractivity contribution in [2.45, 2.75) is 38.0 Å². The highest BCUT2D eigenvalue weighted by Crippen LogP contribution is 2.39. The van der Waals surface area contributed by atoms with Gasteiger partial charge in [-0.05, 0) is 43.4 Å². The summed E-state index contributed by atoms with van der Waals surface area (Å²) in [6.45, 7) is 6.78. The first-order valence-corrected chi connectivity index (χ1v) is 10.2. The summed E-state index contributed by atoms with van der Waals surface area (Å²) in [6.07, 6.45) is 4.55. The Bertz CT molecular complexity index is 529. The highest BCUT2D eigenvalue weighted by molar-refractivity contribution is 8.00. The third-order valence-electron chi connectivity index (χ3n) is 4.65. The predicted molar refractivity (Wildman–Crippen MR) is 101 cm³/mol. The minimum absolute atomic E-state index is 0.163. The Balaban J connectivity index is 1.58. The first kappa shape index (κ1) is 17.6. The summed E-state index contributed by atoms with van der Waals surface area (Å²) >= 11 is 1.74. The minimum Gasteiger partial charge on any atom is -0.381 e. The molecule has 0 aromatic heterocycles. The number of ether oxygens (including phenoxy) is 1. The molecule has 4 nitrogen and oxygen atoms in total. The molecule has 2 heterocycles. The lowest BCUT2D eigenvalue weighted by molar-refractivity contribution is -0.128. The number of hydrogen-bond donors (Lipinski definition) is 0. The van der Waals surface area contributed by atoms with E-state index in [1.807, 2.05) is 4.90 Å². The average Bonchev–Trinajstić information content (AvgIpc) is 3.26. The van der Waals surface area contributed by atoms with Crippen molar-refractivity contribution in [3.05, 3.63) is 29.8 Å². The Morgan fingerprint density at radius 1 is 1.17 bits per heavy atom. The lowest BCUT2D eigenvalue weighted by atomic mass is 10.1. The van der Waals surface area contributed by atoms with Crippen LogP contribution in [-0.2, 0) is 9.53 Å². The number of nitrogens with zero attached hydrogens (tertiary/aromatic N) is 2. The molecular weight excluding hydrogens is 320 g/mol. The van der Waals surface area contributed by atoms with Gasteiger partial charge in [-0.3, -0.25) is 4.79 Å². The van der Waals surface area contributed by atoms with Gasteiger partial charge in [0.05, 0.1) is 5.75 Å². The maximum atomic E-state index is 12.2. The molecule has 0 saturated carbocycles. The molecule has 0 bridgehead atoms. The smallest absolute Gasteiger partial charge is 0.233 e. The number of carbonyl (C=O) groups excluding carboxylic acids is 1. The zero-order valence-corrected chi connectivity index (χ0v) is 15.4. The standard InChI is InChI=1S/C19H28N2O2S/c1-2-13-23-14-5-12-21-18(22)15-24-19(21)16-6-8-17(9-7-16)20-10-3-4-11-20/h6-9,19H,2-5,10-15H2,1H3. The van der Waals surface area contributed by atoms with Gasteiger partial charge in [-0.15, -0.1) is 11.8 Å². The van der Waals surface area contributed by atoms with Crippen LogP contribution in [0, 0.1) is 0 Å². The monoisotopic (exact) mass is 348 g/mol.